The van der Waals surface area contributed by atoms with Gasteiger partial charge < -0.3 is 10.4 Å². The van der Waals surface area contributed by atoms with E-state index in [4.69, 9.17) is 5.11 Å². The first-order chi connectivity index (χ1) is 11.0. The Morgan fingerprint density at radius 3 is 2.70 bits per heavy atom. The van der Waals surface area contributed by atoms with Gasteiger partial charge in [-0.25, -0.2) is 0 Å². The predicted octanol–water partition coefficient (Wildman–Crippen LogP) is 2.42. The molecule has 0 saturated heterocycles. The number of aryl methyl sites for hydroxylation is 1. The van der Waals surface area contributed by atoms with Gasteiger partial charge in [0.05, 0.1) is 18.8 Å². The molecular weight excluding hydrogens is 288 g/mol. The van der Waals surface area contributed by atoms with Crippen molar-refractivity contribution in [2.45, 2.75) is 46.7 Å². The van der Waals surface area contributed by atoms with Crippen molar-refractivity contribution in [3.63, 3.8) is 0 Å². The van der Waals surface area contributed by atoms with Crippen LogP contribution in [0.25, 0.3) is 0 Å². The predicted molar refractivity (Wildman–Crippen MR) is 92.3 cm³/mol. The van der Waals surface area contributed by atoms with Gasteiger partial charge in [-0.05, 0) is 31.4 Å². The Bertz CT molecular complexity index is 607. The fourth-order valence-electron chi connectivity index (χ4n) is 2.99. The van der Waals surface area contributed by atoms with E-state index in [1.54, 1.807) is 0 Å². The summed E-state index contributed by atoms with van der Waals surface area (Å²) < 4.78 is 1.88. The van der Waals surface area contributed by atoms with Crippen LogP contribution in [0, 0.1) is 19.8 Å². The van der Waals surface area contributed by atoms with Crippen LogP contribution in [0.2, 0.25) is 0 Å². The van der Waals surface area contributed by atoms with Crippen molar-refractivity contribution >= 4 is 0 Å². The largest absolute Gasteiger partial charge is 0.394 e. The highest BCUT2D eigenvalue weighted by Crippen LogP contribution is 2.23. The van der Waals surface area contributed by atoms with Gasteiger partial charge in [0.15, 0.2) is 0 Å². The molecule has 0 fully saturated rings. The molecule has 0 aliphatic heterocycles. The number of rotatable bonds is 8. The third-order valence-corrected chi connectivity index (χ3v) is 4.43. The van der Waals surface area contributed by atoms with Crippen LogP contribution in [0.4, 0.5) is 0 Å². The molecule has 126 valence electrons. The van der Waals surface area contributed by atoms with Crippen LogP contribution in [0.15, 0.2) is 24.5 Å². The molecule has 23 heavy (non-hydrogen) atoms. The Kier molecular flexibility index (Phi) is 6.30. The van der Waals surface area contributed by atoms with E-state index >= 15 is 0 Å². The second-order valence-electron chi connectivity index (χ2n) is 6.36. The summed E-state index contributed by atoms with van der Waals surface area (Å²) in [6, 6.07) is 4.15. The van der Waals surface area contributed by atoms with Gasteiger partial charge in [0.2, 0.25) is 0 Å². The van der Waals surface area contributed by atoms with Crippen LogP contribution in [0.5, 0.6) is 0 Å². The number of pyridine rings is 1. The Labute approximate surface area is 138 Å². The second-order valence-corrected chi connectivity index (χ2v) is 6.36. The average Bonchev–Trinajstić information content (AvgIpc) is 2.79. The van der Waals surface area contributed by atoms with Crippen molar-refractivity contribution in [1.82, 2.24) is 20.1 Å². The maximum atomic E-state index is 9.10. The zero-order valence-electron chi connectivity index (χ0n) is 14.6. The van der Waals surface area contributed by atoms with Crippen molar-refractivity contribution in [1.29, 1.82) is 0 Å². The highest BCUT2D eigenvalue weighted by atomic mass is 16.3. The molecule has 1 unspecified atom stereocenters. The first-order valence-electron chi connectivity index (χ1n) is 8.29. The molecule has 0 bridgehead atoms. The van der Waals surface area contributed by atoms with Gasteiger partial charge in [-0.2, -0.15) is 5.10 Å². The van der Waals surface area contributed by atoms with Crippen LogP contribution in [-0.4, -0.2) is 33.0 Å². The standard InChI is InChI=1S/C18H28N4O/c1-13(2)17(16-6-5-7-19-10-16)11-20-12-18-14(3)21-22(8-9-23)15(18)4/h5-7,10,13,17,20,23H,8-9,11-12H2,1-4H3. The molecule has 0 saturated carbocycles. The van der Waals surface area contributed by atoms with E-state index < -0.39 is 0 Å². The minimum absolute atomic E-state index is 0.116. The molecule has 2 aromatic heterocycles. The monoisotopic (exact) mass is 316 g/mol. The van der Waals surface area contributed by atoms with Gasteiger partial charge >= 0.3 is 0 Å². The summed E-state index contributed by atoms with van der Waals surface area (Å²) in [4.78, 5) is 4.24. The molecular formula is C18H28N4O. The summed E-state index contributed by atoms with van der Waals surface area (Å²) in [7, 11) is 0. The summed E-state index contributed by atoms with van der Waals surface area (Å²) in [5, 5.41) is 17.2. The molecule has 0 aliphatic rings. The molecule has 1 atom stereocenters. The second kappa shape index (κ2) is 8.22. The molecule has 0 amide bonds. The smallest absolute Gasteiger partial charge is 0.0644 e. The summed E-state index contributed by atoms with van der Waals surface area (Å²) in [5.74, 6) is 0.989. The Hall–Kier alpha value is -1.72. The van der Waals surface area contributed by atoms with Gasteiger partial charge in [0, 0.05) is 42.7 Å². The van der Waals surface area contributed by atoms with E-state index in [1.807, 2.05) is 30.1 Å². The maximum absolute atomic E-state index is 9.10. The zero-order chi connectivity index (χ0) is 16.8. The molecule has 5 heteroatoms. The first kappa shape index (κ1) is 17.6. The molecule has 5 nitrogen and oxygen atoms in total. The number of nitrogens with zero attached hydrogens (tertiary/aromatic N) is 3. The van der Waals surface area contributed by atoms with Crippen molar-refractivity contribution < 1.29 is 5.11 Å². The minimum atomic E-state index is 0.116. The van der Waals surface area contributed by atoms with Crippen LogP contribution in [0.3, 0.4) is 0 Å². The van der Waals surface area contributed by atoms with E-state index in [0.29, 0.717) is 18.4 Å². The average molecular weight is 316 g/mol. The van der Waals surface area contributed by atoms with Gasteiger partial charge in [0.25, 0.3) is 0 Å². The van der Waals surface area contributed by atoms with Crippen LogP contribution in [0.1, 0.15) is 42.3 Å². The topological polar surface area (TPSA) is 63.0 Å². The number of nitrogens with one attached hydrogen (secondary N) is 1. The lowest BCUT2D eigenvalue weighted by atomic mass is 9.89. The Morgan fingerprint density at radius 1 is 1.30 bits per heavy atom. The normalized spacial score (nSPS) is 12.8. The first-order valence-corrected chi connectivity index (χ1v) is 8.29. The third-order valence-electron chi connectivity index (χ3n) is 4.43. The molecule has 0 aromatic carbocycles. The van der Waals surface area contributed by atoms with E-state index in [2.05, 4.69) is 42.2 Å². The highest BCUT2D eigenvalue weighted by Gasteiger charge is 2.17. The van der Waals surface area contributed by atoms with Crippen LogP contribution >= 0.6 is 0 Å². The van der Waals surface area contributed by atoms with Crippen molar-refractivity contribution in [3.05, 3.63) is 47.0 Å². The molecule has 2 aromatic rings. The van der Waals surface area contributed by atoms with E-state index in [9.17, 15) is 0 Å². The minimum Gasteiger partial charge on any atom is -0.394 e. The van der Waals surface area contributed by atoms with E-state index in [-0.39, 0.29) is 6.61 Å². The number of hydrogen-bond donors (Lipinski definition) is 2. The van der Waals surface area contributed by atoms with Gasteiger partial charge in [-0.1, -0.05) is 19.9 Å². The molecule has 2 rings (SSSR count). The number of aliphatic hydroxyl groups is 1. The molecule has 0 aliphatic carbocycles. The lowest BCUT2D eigenvalue weighted by molar-refractivity contribution is 0.267. The van der Waals surface area contributed by atoms with Gasteiger partial charge in [-0.15, -0.1) is 0 Å². The lowest BCUT2D eigenvalue weighted by Crippen LogP contribution is -2.25. The fourth-order valence-corrected chi connectivity index (χ4v) is 2.99. The lowest BCUT2D eigenvalue weighted by Gasteiger charge is -2.21. The maximum Gasteiger partial charge on any atom is 0.0644 e. The van der Waals surface area contributed by atoms with Crippen molar-refractivity contribution in [2.75, 3.05) is 13.2 Å². The van der Waals surface area contributed by atoms with Gasteiger partial charge in [-0.3, -0.25) is 9.67 Å². The molecule has 2 heterocycles. The fraction of sp³-hybridized carbons (Fsp3) is 0.556. The molecule has 2 N–H and O–H groups in total. The Morgan fingerprint density at radius 2 is 2.09 bits per heavy atom. The van der Waals surface area contributed by atoms with Crippen molar-refractivity contribution in [3.8, 4) is 0 Å². The summed E-state index contributed by atoms with van der Waals surface area (Å²) in [6.07, 6.45) is 3.78. The number of hydrogen-bond acceptors (Lipinski definition) is 4. The molecule has 0 radical (unpaired) electrons. The van der Waals surface area contributed by atoms with E-state index in [0.717, 1.165) is 24.5 Å². The number of aromatic nitrogens is 3. The number of aliphatic hydroxyl groups excluding tert-OH is 1. The van der Waals surface area contributed by atoms with E-state index in [1.165, 1.54) is 11.1 Å². The summed E-state index contributed by atoms with van der Waals surface area (Å²) in [6.45, 7) is 11.0. The van der Waals surface area contributed by atoms with Crippen LogP contribution in [-0.2, 0) is 13.1 Å². The summed E-state index contributed by atoms with van der Waals surface area (Å²) in [5.41, 5.74) is 4.67. The highest BCUT2D eigenvalue weighted by molar-refractivity contribution is 5.24. The SMILES string of the molecule is Cc1nn(CCO)c(C)c1CNCC(c1cccnc1)C(C)C. The quantitative estimate of drug-likeness (QED) is 0.785. The van der Waals surface area contributed by atoms with Crippen molar-refractivity contribution in [2.24, 2.45) is 5.92 Å². The van der Waals surface area contributed by atoms with Crippen LogP contribution < -0.4 is 5.32 Å². The Balaban J connectivity index is 2.00. The zero-order valence-corrected chi connectivity index (χ0v) is 14.6. The summed E-state index contributed by atoms with van der Waals surface area (Å²) >= 11 is 0. The third kappa shape index (κ3) is 4.39. The van der Waals surface area contributed by atoms with Gasteiger partial charge in [0.1, 0.15) is 0 Å². The molecule has 0 spiro atoms.